The third kappa shape index (κ3) is 2.56. The Morgan fingerprint density at radius 3 is 0.857 bits per heavy atom. The van der Waals surface area contributed by atoms with Crippen molar-refractivity contribution in [1.29, 1.82) is 0 Å². The first-order valence-corrected chi connectivity index (χ1v) is 9.15. The van der Waals surface area contributed by atoms with Crippen LogP contribution in [0.15, 0.2) is 0 Å². The van der Waals surface area contributed by atoms with Gasteiger partial charge in [0.2, 0.25) is 0 Å². The topological polar surface area (TPSA) is 0 Å². The monoisotopic (exact) mass is 288 g/mol. The molecule has 7 fully saturated rings. The summed E-state index contributed by atoms with van der Waals surface area (Å²) in [6.45, 7) is 7.64. The Balaban J connectivity index is 0.000000205. The summed E-state index contributed by atoms with van der Waals surface area (Å²) in [5, 5.41) is 0. The Hall–Kier alpha value is -0.440. The number of hydrogen-bond donors (Lipinski definition) is 0. The third-order valence-electron chi connectivity index (χ3n) is 7.18. The van der Waals surface area contributed by atoms with Crippen LogP contribution in [-0.4, -0.2) is 0 Å². The molecule has 0 unspecified atom stereocenters. The Morgan fingerprint density at radius 2 is 0.714 bits per heavy atom. The second-order valence-corrected chi connectivity index (χ2v) is 7.63. The molecule has 0 spiro atoms. The molecule has 7 aliphatic rings. The van der Waals surface area contributed by atoms with E-state index in [4.69, 9.17) is 0 Å². The van der Waals surface area contributed by atoms with Crippen molar-refractivity contribution in [2.24, 2.45) is 47.3 Å². The quantitative estimate of drug-likeness (QED) is 0.478. The lowest BCUT2D eigenvalue weighted by Gasteiger charge is -2.69. The van der Waals surface area contributed by atoms with Crippen LogP contribution in [0.2, 0.25) is 0 Å². The maximum Gasteiger partial charge on any atom is -0.00271 e. The van der Waals surface area contributed by atoms with Crippen molar-refractivity contribution in [2.45, 2.75) is 73.6 Å². The molecule has 7 rings (SSSR count). The molecule has 0 aromatic carbocycles. The van der Waals surface area contributed by atoms with Crippen LogP contribution in [-0.2, 0) is 0 Å². The highest BCUT2D eigenvalue weighted by Crippen LogP contribution is 2.71. The predicted octanol–water partition coefficient (Wildman–Crippen LogP) is 6.02. The van der Waals surface area contributed by atoms with Crippen molar-refractivity contribution in [3.8, 4) is 11.8 Å². The molecule has 0 saturated heterocycles. The first-order chi connectivity index (χ1) is 9.81. The van der Waals surface area contributed by atoms with E-state index < -0.39 is 0 Å². The molecule has 0 atom stereocenters. The zero-order valence-corrected chi connectivity index (χ0v) is 13.9. The van der Waals surface area contributed by atoms with Gasteiger partial charge in [-0.3, -0.25) is 0 Å². The second-order valence-electron chi connectivity index (χ2n) is 7.63. The molecule has 120 valence electrons. The highest BCUT2D eigenvalue weighted by Gasteiger charge is 2.63. The summed E-state index contributed by atoms with van der Waals surface area (Å²) < 4.78 is 0. The van der Waals surface area contributed by atoms with E-state index in [0.29, 0.717) is 0 Å². The third-order valence-corrected chi connectivity index (χ3v) is 7.18. The first kappa shape index (κ1) is 16.9. The molecule has 21 heavy (non-hydrogen) atoms. The molecule has 0 aromatic rings. The fourth-order valence-corrected chi connectivity index (χ4v) is 6.89. The smallest absolute Gasteiger partial charge is 0.00271 e. The first-order valence-electron chi connectivity index (χ1n) is 9.15. The minimum absolute atomic E-state index is 0. The summed E-state index contributed by atoms with van der Waals surface area (Å²) in [6.07, 6.45) is 9.93. The van der Waals surface area contributed by atoms with Crippen molar-refractivity contribution in [1.82, 2.24) is 0 Å². The van der Waals surface area contributed by atoms with E-state index in [1.54, 1.807) is 38.5 Å². The van der Waals surface area contributed by atoms with Gasteiger partial charge in [0, 0.05) is 0 Å². The van der Waals surface area contributed by atoms with Gasteiger partial charge in [0.15, 0.2) is 0 Å². The fraction of sp³-hybridized carbons (Fsp3) is 0.905. The average molecular weight is 289 g/mol. The van der Waals surface area contributed by atoms with Crippen LogP contribution in [0.5, 0.6) is 0 Å². The van der Waals surface area contributed by atoms with Crippen LogP contribution >= 0.6 is 0 Å². The van der Waals surface area contributed by atoms with Crippen LogP contribution in [0, 0.1) is 59.2 Å². The van der Waals surface area contributed by atoms with Crippen molar-refractivity contribution in [2.75, 3.05) is 0 Å². The fourth-order valence-electron chi connectivity index (χ4n) is 6.89. The summed E-state index contributed by atoms with van der Waals surface area (Å²) in [5.41, 5.74) is 0. The standard InChI is InChI=1S/C14H20.C4H6.C2H6.CH4/c1-7-2-12-10-4-8-5-11(9(1)10)13(3-7)14(12)6-8;1-3-4-2;1-2;/h7-14H,1-6H2;1-2H3;1-2H3;1H4. The van der Waals surface area contributed by atoms with Gasteiger partial charge in [-0.05, 0) is 99.7 Å². The highest BCUT2D eigenvalue weighted by molar-refractivity contribution is 5.12. The van der Waals surface area contributed by atoms with Gasteiger partial charge < -0.3 is 0 Å². The molecule has 8 bridgehead atoms. The van der Waals surface area contributed by atoms with E-state index in [1.807, 2.05) is 27.7 Å². The maximum absolute atomic E-state index is 2.68. The van der Waals surface area contributed by atoms with Crippen molar-refractivity contribution < 1.29 is 0 Å². The Morgan fingerprint density at radius 1 is 0.524 bits per heavy atom. The van der Waals surface area contributed by atoms with Crippen LogP contribution in [0.3, 0.4) is 0 Å². The van der Waals surface area contributed by atoms with Crippen LogP contribution in [0.25, 0.3) is 0 Å². The maximum atomic E-state index is 2.68. The Bertz CT molecular complexity index is 302. The van der Waals surface area contributed by atoms with E-state index in [2.05, 4.69) is 11.8 Å². The van der Waals surface area contributed by atoms with Crippen LogP contribution < -0.4 is 0 Å². The van der Waals surface area contributed by atoms with Gasteiger partial charge in [0.25, 0.3) is 0 Å². The minimum Gasteiger partial charge on any atom is -0.107 e. The summed E-state index contributed by atoms with van der Waals surface area (Å²) in [5.74, 6) is 15.1. The van der Waals surface area contributed by atoms with Crippen molar-refractivity contribution in [3.05, 3.63) is 0 Å². The molecule has 7 saturated carbocycles. The summed E-state index contributed by atoms with van der Waals surface area (Å²) in [6, 6.07) is 0. The van der Waals surface area contributed by atoms with Gasteiger partial charge in [-0.2, -0.15) is 0 Å². The average Bonchev–Trinajstić information content (AvgIpc) is 2.54. The normalized spacial score (nSPS) is 49.0. The summed E-state index contributed by atoms with van der Waals surface area (Å²) in [4.78, 5) is 0. The molecule has 7 aliphatic carbocycles. The minimum atomic E-state index is 0. The predicted molar refractivity (Wildman–Crippen MR) is 92.8 cm³/mol. The molecule has 0 aromatic heterocycles. The van der Waals surface area contributed by atoms with Crippen molar-refractivity contribution >= 4 is 0 Å². The SMILES string of the molecule is C.C1C2CC3C4CC5CC(C14)C(C2)C3C5.CC.CC#CC. The zero-order chi connectivity index (χ0) is 14.3. The van der Waals surface area contributed by atoms with Gasteiger partial charge in [-0.15, -0.1) is 11.8 Å². The van der Waals surface area contributed by atoms with E-state index in [9.17, 15) is 0 Å². The van der Waals surface area contributed by atoms with Crippen LogP contribution in [0.1, 0.15) is 73.6 Å². The van der Waals surface area contributed by atoms with E-state index in [0.717, 1.165) is 0 Å². The molecular formula is C21H36. The second kappa shape index (κ2) is 6.76. The molecule has 0 amide bonds. The molecule has 0 aliphatic heterocycles. The summed E-state index contributed by atoms with van der Waals surface area (Å²) in [7, 11) is 0. The molecule has 0 N–H and O–H groups in total. The molecule has 0 heterocycles. The number of hydrogen-bond acceptors (Lipinski definition) is 0. The van der Waals surface area contributed by atoms with Crippen LogP contribution in [0.4, 0.5) is 0 Å². The molecule has 0 radical (unpaired) electrons. The Kier molecular flexibility index (Phi) is 5.45. The van der Waals surface area contributed by atoms with E-state index in [-0.39, 0.29) is 7.43 Å². The van der Waals surface area contributed by atoms with Gasteiger partial charge in [-0.25, -0.2) is 0 Å². The van der Waals surface area contributed by atoms with Gasteiger partial charge >= 0.3 is 0 Å². The largest absolute Gasteiger partial charge is 0.107 e. The van der Waals surface area contributed by atoms with Gasteiger partial charge in [-0.1, -0.05) is 21.3 Å². The molecular weight excluding hydrogens is 252 g/mol. The molecule has 0 nitrogen and oxygen atoms in total. The van der Waals surface area contributed by atoms with E-state index >= 15 is 0 Å². The van der Waals surface area contributed by atoms with Gasteiger partial charge in [0.1, 0.15) is 0 Å². The van der Waals surface area contributed by atoms with Crippen molar-refractivity contribution in [3.63, 3.8) is 0 Å². The number of rotatable bonds is 0. The van der Waals surface area contributed by atoms with Gasteiger partial charge in [0.05, 0.1) is 0 Å². The Labute approximate surface area is 133 Å². The lowest BCUT2D eigenvalue weighted by molar-refractivity contribution is -0.202. The lowest BCUT2D eigenvalue weighted by Crippen LogP contribution is -2.62. The highest BCUT2D eigenvalue weighted by atomic mass is 14.7. The molecule has 0 heteroatoms. The summed E-state index contributed by atoms with van der Waals surface area (Å²) >= 11 is 0. The zero-order valence-electron chi connectivity index (χ0n) is 13.9. The van der Waals surface area contributed by atoms with E-state index in [1.165, 1.54) is 47.3 Å². The lowest BCUT2D eigenvalue weighted by atomic mass is 9.36.